The molecule has 2 aromatic rings. The second kappa shape index (κ2) is 6.76. The van der Waals surface area contributed by atoms with Gasteiger partial charge in [0.2, 0.25) is 5.91 Å². The molecule has 0 aromatic carbocycles. The number of carbonyl (C=O) groups excluding carboxylic acids is 1. The largest absolute Gasteiger partial charge is 0.368 e. The van der Waals surface area contributed by atoms with Gasteiger partial charge in [-0.15, -0.1) is 0 Å². The molecule has 1 fully saturated rings. The second-order valence-corrected chi connectivity index (χ2v) is 6.08. The third kappa shape index (κ3) is 3.33. The summed E-state index contributed by atoms with van der Waals surface area (Å²) >= 11 is 0. The van der Waals surface area contributed by atoms with E-state index in [9.17, 15) is 4.79 Å². The normalized spacial score (nSPS) is 16.7. The SMILES string of the molecule is CC(C)C(C(=O)N1CCN(c2ccncc2)CC1)n1cncn1. The second-order valence-electron chi connectivity index (χ2n) is 6.08. The van der Waals surface area contributed by atoms with E-state index in [1.807, 2.05) is 30.9 Å². The van der Waals surface area contributed by atoms with Crippen LogP contribution in [0.4, 0.5) is 5.69 Å². The Balaban J connectivity index is 1.66. The van der Waals surface area contributed by atoms with Gasteiger partial charge in [0.15, 0.2) is 0 Å². The minimum atomic E-state index is -0.287. The summed E-state index contributed by atoms with van der Waals surface area (Å²) in [6.45, 7) is 7.18. The fraction of sp³-hybridized carbons (Fsp3) is 0.500. The van der Waals surface area contributed by atoms with E-state index < -0.39 is 0 Å². The molecule has 3 heterocycles. The maximum atomic E-state index is 12.9. The third-order valence-corrected chi connectivity index (χ3v) is 4.23. The molecule has 1 atom stereocenters. The highest BCUT2D eigenvalue weighted by atomic mass is 16.2. The lowest BCUT2D eigenvalue weighted by Crippen LogP contribution is -2.51. The number of anilines is 1. The fourth-order valence-electron chi connectivity index (χ4n) is 2.99. The Morgan fingerprint density at radius 2 is 1.78 bits per heavy atom. The minimum absolute atomic E-state index is 0.125. The van der Waals surface area contributed by atoms with Crippen molar-refractivity contribution in [3.63, 3.8) is 0 Å². The van der Waals surface area contributed by atoms with Gasteiger partial charge in [-0.05, 0) is 18.1 Å². The molecule has 0 bridgehead atoms. The predicted molar refractivity (Wildman–Crippen MR) is 86.9 cm³/mol. The summed E-state index contributed by atoms with van der Waals surface area (Å²) in [4.78, 5) is 25.1. The molecular weight excluding hydrogens is 292 g/mol. The van der Waals surface area contributed by atoms with Crippen molar-refractivity contribution < 1.29 is 4.79 Å². The number of hydrogen-bond donors (Lipinski definition) is 0. The maximum Gasteiger partial charge on any atom is 0.247 e. The Morgan fingerprint density at radius 3 is 2.35 bits per heavy atom. The number of rotatable bonds is 4. The first-order valence-corrected chi connectivity index (χ1v) is 7.94. The average Bonchev–Trinajstić information content (AvgIpc) is 3.09. The molecule has 0 radical (unpaired) electrons. The Labute approximate surface area is 135 Å². The topological polar surface area (TPSA) is 67.2 Å². The standard InChI is InChI=1S/C16H22N6O/c1-13(2)15(22-12-18-11-19-22)16(23)21-9-7-20(8-10-21)14-3-5-17-6-4-14/h3-6,11-13,15H,7-10H2,1-2H3. The van der Waals surface area contributed by atoms with Crippen LogP contribution in [-0.4, -0.2) is 56.7 Å². The molecule has 1 unspecified atom stereocenters. The summed E-state index contributed by atoms with van der Waals surface area (Å²) in [6, 6.07) is 3.72. The molecule has 1 amide bonds. The highest BCUT2D eigenvalue weighted by Crippen LogP contribution is 2.21. The maximum absolute atomic E-state index is 12.9. The molecule has 0 N–H and O–H groups in total. The first-order chi connectivity index (χ1) is 11.2. The zero-order valence-electron chi connectivity index (χ0n) is 13.5. The van der Waals surface area contributed by atoms with E-state index in [4.69, 9.17) is 0 Å². The lowest BCUT2D eigenvalue weighted by atomic mass is 10.0. The van der Waals surface area contributed by atoms with E-state index >= 15 is 0 Å². The van der Waals surface area contributed by atoms with Crippen LogP contribution in [0.5, 0.6) is 0 Å². The number of nitrogens with zero attached hydrogens (tertiary/aromatic N) is 6. The Morgan fingerprint density at radius 1 is 1.09 bits per heavy atom. The Kier molecular flexibility index (Phi) is 4.55. The number of carbonyl (C=O) groups is 1. The van der Waals surface area contributed by atoms with E-state index in [0.717, 1.165) is 31.9 Å². The highest BCUT2D eigenvalue weighted by molar-refractivity contribution is 5.81. The fourth-order valence-corrected chi connectivity index (χ4v) is 2.99. The molecule has 7 heteroatoms. The summed E-state index contributed by atoms with van der Waals surface area (Å²) in [5, 5.41) is 4.16. The van der Waals surface area contributed by atoms with Crippen LogP contribution in [0.1, 0.15) is 19.9 Å². The summed E-state index contributed by atoms with van der Waals surface area (Å²) < 4.78 is 1.67. The van der Waals surface area contributed by atoms with Gasteiger partial charge in [0.05, 0.1) is 0 Å². The van der Waals surface area contributed by atoms with E-state index in [0.29, 0.717) is 0 Å². The van der Waals surface area contributed by atoms with Crippen molar-refractivity contribution in [1.29, 1.82) is 0 Å². The number of pyridine rings is 1. The van der Waals surface area contributed by atoms with Crippen LogP contribution in [0, 0.1) is 5.92 Å². The zero-order valence-corrected chi connectivity index (χ0v) is 13.5. The molecule has 0 aliphatic carbocycles. The summed E-state index contributed by atoms with van der Waals surface area (Å²) in [6.07, 6.45) is 6.69. The zero-order chi connectivity index (χ0) is 16.2. The lowest BCUT2D eigenvalue weighted by molar-refractivity contribution is -0.136. The van der Waals surface area contributed by atoms with Crippen molar-refractivity contribution in [2.24, 2.45) is 5.92 Å². The minimum Gasteiger partial charge on any atom is -0.368 e. The van der Waals surface area contributed by atoms with E-state index in [2.05, 4.69) is 20.0 Å². The molecule has 0 spiro atoms. The molecule has 1 aliphatic rings. The van der Waals surface area contributed by atoms with Gasteiger partial charge in [0.25, 0.3) is 0 Å². The van der Waals surface area contributed by atoms with Crippen molar-refractivity contribution in [1.82, 2.24) is 24.6 Å². The van der Waals surface area contributed by atoms with Crippen LogP contribution in [0.2, 0.25) is 0 Å². The van der Waals surface area contributed by atoms with Gasteiger partial charge in [-0.1, -0.05) is 13.8 Å². The van der Waals surface area contributed by atoms with Crippen LogP contribution < -0.4 is 4.90 Å². The quantitative estimate of drug-likeness (QED) is 0.849. The predicted octanol–water partition coefficient (Wildman–Crippen LogP) is 1.22. The van der Waals surface area contributed by atoms with Crippen LogP contribution in [0.25, 0.3) is 0 Å². The Hall–Kier alpha value is -2.44. The smallest absolute Gasteiger partial charge is 0.247 e. The van der Waals surface area contributed by atoms with Gasteiger partial charge in [0.1, 0.15) is 18.7 Å². The van der Waals surface area contributed by atoms with Gasteiger partial charge in [-0.3, -0.25) is 9.78 Å². The van der Waals surface area contributed by atoms with E-state index in [-0.39, 0.29) is 17.9 Å². The number of hydrogen-bond acceptors (Lipinski definition) is 5. The average molecular weight is 314 g/mol. The highest BCUT2D eigenvalue weighted by Gasteiger charge is 2.31. The molecule has 3 rings (SSSR count). The number of amides is 1. The lowest BCUT2D eigenvalue weighted by Gasteiger charge is -2.38. The van der Waals surface area contributed by atoms with Gasteiger partial charge in [-0.2, -0.15) is 5.10 Å². The molecule has 23 heavy (non-hydrogen) atoms. The van der Waals surface area contributed by atoms with Crippen LogP contribution in [0.15, 0.2) is 37.2 Å². The molecule has 122 valence electrons. The Bertz CT molecular complexity index is 619. The summed E-state index contributed by atoms with van der Waals surface area (Å²) in [5.74, 6) is 0.294. The molecule has 2 aromatic heterocycles. The van der Waals surface area contributed by atoms with Gasteiger partial charge in [-0.25, -0.2) is 9.67 Å². The van der Waals surface area contributed by atoms with Crippen molar-refractivity contribution in [3.8, 4) is 0 Å². The van der Waals surface area contributed by atoms with Crippen LogP contribution in [-0.2, 0) is 4.79 Å². The summed E-state index contributed by atoms with van der Waals surface area (Å²) in [7, 11) is 0. The number of piperazine rings is 1. The molecule has 1 saturated heterocycles. The van der Waals surface area contributed by atoms with Gasteiger partial charge >= 0.3 is 0 Å². The van der Waals surface area contributed by atoms with Crippen LogP contribution >= 0.6 is 0 Å². The van der Waals surface area contributed by atoms with E-state index in [1.165, 1.54) is 6.33 Å². The van der Waals surface area contributed by atoms with E-state index in [1.54, 1.807) is 23.4 Å². The molecule has 7 nitrogen and oxygen atoms in total. The van der Waals surface area contributed by atoms with Crippen molar-refractivity contribution in [2.45, 2.75) is 19.9 Å². The monoisotopic (exact) mass is 314 g/mol. The molecular formula is C16H22N6O. The summed E-state index contributed by atoms with van der Waals surface area (Å²) in [5.41, 5.74) is 1.16. The van der Waals surface area contributed by atoms with Crippen molar-refractivity contribution in [3.05, 3.63) is 37.2 Å². The molecule has 1 aliphatic heterocycles. The number of aromatic nitrogens is 4. The first-order valence-electron chi connectivity index (χ1n) is 7.94. The van der Waals surface area contributed by atoms with Crippen LogP contribution in [0.3, 0.4) is 0 Å². The van der Waals surface area contributed by atoms with Gasteiger partial charge < -0.3 is 9.80 Å². The van der Waals surface area contributed by atoms with Crippen molar-refractivity contribution >= 4 is 11.6 Å². The molecule has 0 saturated carbocycles. The first kappa shape index (κ1) is 15.5. The van der Waals surface area contributed by atoms with Crippen molar-refractivity contribution in [2.75, 3.05) is 31.1 Å². The van der Waals surface area contributed by atoms with Gasteiger partial charge in [0, 0.05) is 44.3 Å². The third-order valence-electron chi connectivity index (χ3n) is 4.23.